The van der Waals surface area contributed by atoms with Crippen LogP contribution >= 0.6 is 7.37 Å². The molecule has 0 aliphatic carbocycles. The van der Waals surface area contributed by atoms with Crippen LogP contribution in [0.15, 0.2) is 30.3 Å². The zero-order chi connectivity index (χ0) is 16.6. The molecule has 0 bridgehead atoms. The third kappa shape index (κ3) is 4.97. The molecule has 122 valence electrons. The van der Waals surface area contributed by atoms with E-state index in [2.05, 4.69) is 4.74 Å². The number of benzene rings is 1. The predicted molar refractivity (Wildman–Crippen MR) is 82.3 cm³/mol. The fourth-order valence-electron chi connectivity index (χ4n) is 2.08. The van der Waals surface area contributed by atoms with Crippen molar-refractivity contribution < 1.29 is 28.2 Å². The molecule has 0 aromatic heterocycles. The van der Waals surface area contributed by atoms with Gasteiger partial charge in [0.05, 0.1) is 20.1 Å². The van der Waals surface area contributed by atoms with Gasteiger partial charge < -0.3 is 14.0 Å². The number of carbonyl (C=O) groups excluding carboxylic acids is 2. The number of rotatable bonds is 8. The maximum Gasteiger partial charge on any atom is 0.309 e. The van der Waals surface area contributed by atoms with Crippen LogP contribution in [0.25, 0.3) is 0 Å². The van der Waals surface area contributed by atoms with Crippen LogP contribution in [-0.4, -0.2) is 39.4 Å². The third-order valence-corrected chi connectivity index (χ3v) is 5.96. The van der Waals surface area contributed by atoms with Gasteiger partial charge >= 0.3 is 11.9 Å². The monoisotopic (exact) mass is 328 g/mol. The molecule has 1 rings (SSSR count). The molecule has 7 heteroatoms. The summed E-state index contributed by atoms with van der Waals surface area (Å²) in [7, 11) is 0.687. The minimum absolute atomic E-state index is 0.0167. The molecule has 0 spiro atoms. The maximum absolute atomic E-state index is 13.0. The molecule has 0 saturated heterocycles. The van der Waals surface area contributed by atoms with E-state index >= 15 is 0 Å². The van der Waals surface area contributed by atoms with Crippen LogP contribution in [0, 0.1) is 5.92 Å². The van der Waals surface area contributed by atoms with Gasteiger partial charge in [-0.15, -0.1) is 0 Å². The standard InChI is InChI=1S/C15H21O6P/c1-19-14(16)10-9-12(15(17)20-2)11-22(18,21-3)13-7-5-4-6-8-13/h4-8,12H,9-11H2,1-3H3. The molecule has 0 N–H and O–H groups in total. The highest BCUT2D eigenvalue weighted by Crippen LogP contribution is 2.47. The summed E-state index contributed by atoms with van der Waals surface area (Å²) in [4.78, 5) is 23.1. The number of esters is 2. The van der Waals surface area contributed by atoms with E-state index in [1.54, 1.807) is 30.3 Å². The average molecular weight is 328 g/mol. The van der Waals surface area contributed by atoms with Crippen LogP contribution in [0.4, 0.5) is 0 Å². The second-order valence-electron chi connectivity index (χ2n) is 4.71. The lowest BCUT2D eigenvalue weighted by atomic mass is 10.1. The number of methoxy groups -OCH3 is 2. The van der Waals surface area contributed by atoms with E-state index in [1.165, 1.54) is 21.3 Å². The van der Waals surface area contributed by atoms with E-state index in [1.807, 2.05) is 0 Å². The summed E-state index contributed by atoms with van der Waals surface area (Å²) in [6, 6.07) is 8.70. The minimum atomic E-state index is -3.20. The van der Waals surface area contributed by atoms with Gasteiger partial charge in [0.15, 0.2) is 0 Å². The Morgan fingerprint density at radius 2 is 1.73 bits per heavy atom. The molecule has 22 heavy (non-hydrogen) atoms. The van der Waals surface area contributed by atoms with Gasteiger partial charge in [-0.2, -0.15) is 0 Å². The van der Waals surface area contributed by atoms with E-state index < -0.39 is 25.2 Å². The number of ether oxygens (including phenoxy) is 2. The topological polar surface area (TPSA) is 78.9 Å². The number of hydrogen-bond acceptors (Lipinski definition) is 6. The summed E-state index contributed by atoms with van der Waals surface area (Å²) >= 11 is 0. The van der Waals surface area contributed by atoms with Crippen molar-refractivity contribution in [3.8, 4) is 0 Å². The summed E-state index contributed by atoms with van der Waals surface area (Å²) in [6.07, 6.45) is 0.228. The molecule has 2 atom stereocenters. The lowest BCUT2D eigenvalue weighted by molar-refractivity contribution is -0.146. The molecule has 0 heterocycles. The second-order valence-corrected chi connectivity index (χ2v) is 7.30. The highest BCUT2D eigenvalue weighted by Gasteiger charge is 2.33. The molecule has 0 aliphatic heterocycles. The zero-order valence-corrected chi connectivity index (χ0v) is 13.9. The predicted octanol–water partition coefficient (Wildman–Crippen LogP) is 1.98. The Morgan fingerprint density at radius 3 is 2.23 bits per heavy atom. The van der Waals surface area contributed by atoms with Crippen molar-refractivity contribution in [3.63, 3.8) is 0 Å². The summed E-state index contributed by atoms with van der Waals surface area (Å²) in [5, 5.41) is 0.532. The van der Waals surface area contributed by atoms with Crippen LogP contribution in [-0.2, 0) is 28.2 Å². The number of hydrogen-bond donors (Lipinski definition) is 0. The normalized spacial score (nSPS) is 14.7. The van der Waals surface area contributed by atoms with Gasteiger partial charge in [-0.05, 0) is 18.6 Å². The summed E-state index contributed by atoms with van der Waals surface area (Å²) in [6.45, 7) is 0. The van der Waals surface area contributed by atoms with Crippen LogP contribution in [0.3, 0.4) is 0 Å². The largest absolute Gasteiger partial charge is 0.469 e. The van der Waals surface area contributed by atoms with Gasteiger partial charge in [0.25, 0.3) is 0 Å². The summed E-state index contributed by atoms with van der Waals surface area (Å²) < 4.78 is 27.5. The summed E-state index contributed by atoms with van der Waals surface area (Å²) in [5.41, 5.74) is 0. The van der Waals surface area contributed by atoms with Gasteiger partial charge in [0, 0.05) is 25.0 Å². The quantitative estimate of drug-likeness (QED) is 0.536. The first kappa shape index (κ1) is 18.4. The van der Waals surface area contributed by atoms with E-state index in [9.17, 15) is 14.2 Å². The first-order chi connectivity index (χ1) is 10.5. The first-order valence-electron chi connectivity index (χ1n) is 6.82. The molecule has 1 aromatic rings. The van der Waals surface area contributed by atoms with Gasteiger partial charge in [-0.3, -0.25) is 14.2 Å². The van der Waals surface area contributed by atoms with Crippen molar-refractivity contribution in [3.05, 3.63) is 30.3 Å². The van der Waals surface area contributed by atoms with Crippen molar-refractivity contribution in [2.45, 2.75) is 12.8 Å². The molecule has 0 radical (unpaired) electrons. The molecular formula is C15H21O6P. The summed E-state index contributed by atoms with van der Waals surface area (Å²) in [5.74, 6) is -1.65. The molecule has 0 aliphatic rings. The Labute approximate surface area is 130 Å². The Kier molecular flexibility index (Phi) is 7.28. The van der Waals surface area contributed by atoms with Crippen LogP contribution in [0.1, 0.15) is 12.8 Å². The van der Waals surface area contributed by atoms with E-state index in [4.69, 9.17) is 9.26 Å². The number of carbonyl (C=O) groups is 2. The lowest BCUT2D eigenvalue weighted by Gasteiger charge is -2.21. The fourth-order valence-corrected chi connectivity index (χ4v) is 4.18. The van der Waals surface area contributed by atoms with Crippen molar-refractivity contribution >= 4 is 24.6 Å². The van der Waals surface area contributed by atoms with Gasteiger partial charge in [0.1, 0.15) is 0 Å². The molecule has 0 fully saturated rings. The molecular weight excluding hydrogens is 307 g/mol. The van der Waals surface area contributed by atoms with E-state index in [-0.39, 0.29) is 19.0 Å². The van der Waals surface area contributed by atoms with Crippen LogP contribution in [0.2, 0.25) is 0 Å². The molecule has 0 saturated carbocycles. The SMILES string of the molecule is COC(=O)CCC(CP(=O)(OC)c1ccccc1)C(=O)OC. The van der Waals surface area contributed by atoms with Crippen molar-refractivity contribution in [2.75, 3.05) is 27.5 Å². The Morgan fingerprint density at radius 1 is 1.09 bits per heavy atom. The smallest absolute Gasteiger partial charge is 0.309 e. The first-order valence-corrected chi connectivity index (χ1v) is 8.63. The molecule has 1 aromatic carbocycles. The molecule has 0 amide bonds. The second kappa shape index (κ2) is 8.71. The van der Waals surface area contributed by atoms with E-state index in [0.717, 1.165) is 0 Å². The highest BCUT2D eigenvalue weighted by molar-refractivity contribution is 7.67. The Balaban J connectivity index is 2.92. The zero-order valence-electron chi connectivity index (χ0n) is 13.0. The van der Waals surface area contributed by atoms with Crippen LogP contribution < -0.4 is 5.30 Å². The third-order valence-electron chi connectivity index (χ3n) is 3.36. The van der Waals surface area contributed by atoms with E-state index in [0.29, 0.717) is 5.30 Å². The fraction of sp³-hybridized carbons (Fsp3) is 0.467. The van der Waals surface area contributed by atoms with Gasteiger partial charge in [-0.1, -0.05) is 18.2 Å². The maximum atomic E-state index is 13.0. The van der Waals surface area contributed by atoms with Crippen molar-refractivity contribution in [1.82, 2.24) is 0 Å². The van der Waals surface area contributed by atoms with Gasteiger partial charge in [-0.25, -0.2) is 0 Å². The van der Waals surface area contributed by atoms with Gasteiger partial charge in [0.2, 0.25) is 7.37 Å². The van der Waals surface area contributed by atoms with Crippen molar-refractivity contribution in [1.29, 1.82) is 0 Å². The Bertz CT molecular complexity index is 542. The lowest BCUT2D eigenvalue weighted by Crippen LogP contribution is -2.24. The van der Waals surface area contributed by atoms with Crippen LogP contribution in [0.5, 0.6) is 0 Å². The highest BCUT2D eigenvalue weighted by atomic mass is 31.2. The average Bonchev–Trinajstić information content (AvgIpc) is 2.57. The minimum Gasteiger partial charge on any atom is -0.469 e. The van der Waals surface area contributed by atoms with Crippen molar-refractivity contribution in [2.24, 2.45) is 5.92 Å². The Hall–Kier alpha value is -1.65. The molecule has 2 unspecified atom stereocenters. The molecule has 6 nitrogen and oxygen atoms in total.